The Hall–Kier alpha value is -1.59. The van der Waals surface area contributed by atoms with Gasteiger partial charge in [0.25, 0.3) is 5.91 Å². The highest BCUT2D eigenvalue weighted by atomic mass is 32.1. The van der Waals surface area contributed by atoms with Crippen molar-refractivity contribution in [3.63, 3.8) is 0 Å². The van der Waals surface area contributed by atoms with E-state index >= 15 is 0 Å². The molecule has 2 rings (SSSR count). The Balaban J connectivity index is 2.03. The van der Waals surface area contributed by atoms with Gasteiger partial charge in [0.2, 0.25) is 0 Å². The molecule has 1 amide bonds. The van der Waals surface area contributed by atoms with Crippen molar-refractivity contribution < 1.29 is 14.3 Å². The number of thiophene rings is 1. The molecule has 2 aromatic heterocycles. The molecular weight excluding hydrogens is 274 g/mol. The van der Waals surface area contributed by atoms with E-state index in [4.69, 9.17) is 4.42 Å². The molecule has 4 nitrogen and oxygen atoms in total. The molecule has 0 aliphatic heterocycles. The lowest BCUT2D eigenvalue weighted by molar-refractivity contribution is 0.0324. The number of rotatable bonds is 5. The highest BCUT2D eigenvalue weighted by Gasteiger charge is 2.28. The van der Waals surface area contributed by atoms with Crippen molar-refractivity contribution in [2.75, 3.05) is 6.54 Å². The van der Waals surface area contributed by atoms with Crippen molar-refractivity contribution in [1.29, 1.82) is 0 Å². The summed E-state index contributed by atoms with van der Waals surface area (Å²) in [7, 11) is 0. The molecule has 0 aromatic carbocycles. The van der Waals surface area contributed by atoms with Crippen molar-refractivity contribution in [2.24, 2.45) is 0 Å². The van der Waals surface area contributed by atoms with Crippen LogP contribution in [0.25, 0.3) is 0 Å². The van der Waals surface area contributed by atoms with Gasteiger partial charge in [0.05, 0.1) is 11.4 Å². The van der Waals surface area contributed by atoms with Gasteiger partial charge in [0, 0.05) is 0 Å². The zero-order chi connectivity index (χ0) is 14.8. The third-order valence-corrected chi connectivity index (χ3v) is 4.15. The molecule has 0 spiro atoms. The number of carbonyl (C=O) groups excluding carboxylic acids is 1. The number of amides is 1. The van der Waals surface area contributed by atoms with Crippen LogP contribution in [-0.4, -0.2) is 17.6 Å². The fourth-order valence-corrected chi connectivity index (χ4v) is 2.87. The summed E-state index contributed by atoms with van der Waals surface area (Å²) >= 11 is 1.42. The normalized spacial score (nSPS) is 14.0. The largest absolute Gasteiger partial charge is 0.463 e. The molecule has 0 radical (unpaired) electrons. The second-order valence-electron chi connectivity index (χ2n) is 5.00. The number of carbonyl (C=O) groups is 1. The summed E-state index contributed by atoms with van der Waals surface area (Å²) in [5.74, 6) is 1.04. The summed E-state index contributed by atoms with van der Waals surface area (Å²) in [5.41, 5.74) is -0.186. The van der Waals surface area contributed by atoms with Crippen LogP contribution < -0.4 is 5.32 Å². The van der Waals surface area contributed by atoms with Gasteiger partial charge in [-0.15, -0.1) is 11.3 Å². The highest BCUT2D eigenvalue weighted by molar-refractivity contribution is 7.12. The van der Waals surface area contributed by atoms with Crippen molar-refractivity contribution in [1.82, 2.24) is 5.32 Å². The number of hydrogen-bond donors (Lipinski definition) is 2. The van der Waals surface area contributed by atoms with Crippen molar-refractivity contribution in [3.05, 3.63) is 45.5 Å². The van der Waals surface area contributed by atoms with Crippen LogP contribution >= 0.6 is 11.3 Å². The van der Waals surface area contributed by atoms with Gasteiger partial charge in [-0.1, -0.05) is 6.92 Å². The van der Waals surface area contributed by atoms with Gasteiger partial charge in [-0.3, -0.25) is 4.79 Å². The fraction of sp³-hybridized carbons (Fsp3) is 0.400. The lowest BCUT2D eigenvalue weighted by atomic mass is 10.0. The Bertz CT molecular complexity index is 598. The molecule has 0 aliphatic carbocycles. The Morgan fingerprint density at radius 3 is 2.80 bits per heavy atom. The molecule has 0 saturated heterocycles. The summed E-state index contributed by atoms with van der Waals surface area (Å²) in [6.45, 7) is 5.57. The Labute approximate surface area is 122 Å². The minimum atomic E-state index is -1.21. The van der Waals surface area contributed by atoms with Gasteiger partial charge >= 0.3 is 0 Å². The molecule has 2 N–H and O–H groups in total. The number of hydrogen-bond acceptors (Lipinski definition) is 4. The molecule has 0 fully saturated rings. The Kier molecular flexibility index (Phi) is 4.30. The molecule has 2 aromatic rings. The fourth-order valence-electron chi connectivity index (χ4n) is 1.96. The molecule has 2 heterocycles. The summed E-state index contributed by atoms with van der Waals surface area (Å²) in [6.07, 6.45) is 0.819. The Morgan fingerprint density at radius 2 is 2.20 bits per heavy atom. The third kappa shape index (κ3) is 3.11. The first-order chi connectivity index (χ1) is 9.44. The number of aliphatic hydroxyl groups is 1. The second-order valence-corrected chi connectivity index (χ2v) is 5.91. The van der Waals surface area contributed by atoms with Gasteiger partial charge in [-0.25, -0.2) is 0 Å². The monoisotopic (exact) mass is 293 g/mol. The summed E-state index contributed by atoms with van der Waals surface area (Å²) < 4.78 is 5.42. The van der Waals surface area contributed by atoms with Gasteiger partial charge < -0.3 is 14.8 Å². The molecule has 1 atom stereocenters. The SMILES string of the molecule is CCc1ccsc1C(=O)NCC(C)(O)c1ccc(C)o1. The third-order valence-electron chi connectivity index (χ3n) is 3.20. The minimum absolute atomic E-state index is 0.111. The van der Waals surface area contributed by atoms with Crippen LogP contribution in [0, 0.1) is 6.92 Å². The van der Waals surface area contributed by atoms with Gasteiger partial charge in [0.15, 0.2) is 0 Å². The van der Waals surface area contributed by atoms with E-state index < -0.39 is 5.60 Å². The van der Waals surface area contributed by atoms with Crippen LogP contribution in [0.1, 0.15) is 40.6 Å². The predicted octanol–water partition coefficient (Wildman–Crippen LogP) is 2.85. The lowest BCUT2D eigenvalue weighted by Gasteiger charge is -2.21. The average molecular weight is 293 g/mol. The summed E-state index contributed by atoms with van der Waals surface area (Å²) in [6, 6.07) is 5.47. The van der Waals surface area contributed by atoms with Crippen molar-refractivity contribution in [2.45, 2.75) is 32.8 Å². The first-order valence-electron chi connectivity index (χ1n) is 6.58. The van der Waals surface area contributed by atoms with E-state index in [-0.39, 0.29) is 12.5 Å². The maximum absolute atomic E-state index is 12.1. The number of furan rings is 1. The van der Waals surface area contributed by atoms with Gasteiger partial charge in [0.1, 0.15) is 17.1 Å². The zero-order valence-electron chi connectivity index (χ0n) is 11.9. The molecule has 0 saturated carbocycles. The van der Waals surface area contributed by atoms with Crippen LogP contribution in [0.5, 0.6) is 0 Å². The Morgan fingerprint density at radius 1 is 1.45 bits per heavy atom. The van der Waals surface area contributed by atoms with E-state index in [9.17, 15) is 9.90 Å². The minimum Gasteiger partial charge on any atom is -0.463 e. The van der Waals surface area contributed by atoms with Crippen LogP contribution in [0.15, 0.2) is 28.0 Å². The van der Waals surface area contributed by atoms with E-state index in [2.05, 4.69) is 5.32 Å². The maximum atomic E-state index is 12.1. The van der Waals surface area contributed by atoms with Crippen LogP contribution in [0.4, 0.5) is 0 Å². The van der Waals surface area contributed by atoms with E-state index in [0.717, 1.165) is 17.7 Å². The van der Waals surface area contributed by atoms with Crippen LogP contribution in [0.2, 0.25) is 0 Å². The first kappa shape index (κ1) is 14.8. The molecule has 5 heteroatoms. The molecular formula is C15H19NO3S. The average Bonchev–Trinajstić information content (AvgIpc) is 3.04. The lowest BCUT2D eigenvalue weighted by Crippen LogP contribution is -2.38. The van der Waals surface area contributed by atoms with E-state index in [1.807, 2.05) is 25.3 Å². The topological polar surface area (TPSA) is 62.5 Å². The van der Waals surface area contributed by atoms with Crippen molar-refractivity contribution >= 4 is 17.2 Å². The standard InChI is InChI=1S/C15H19NO3S/c1-4-11-7-8-20-13(11)14(17)16-9-15(3,18)12-6-5-10(2)19-12/h5-8,18H,4,9H2,1-3H3,(H,16,17). The predicted molar refractivity (Wildman–Crippen MR) is 79.0 cm³/mol. The van der Waals surface area contributed by atoms with Crippen LogP contribution in [-0.2, 0) is 12.0 Å². The molecule has 0 aliphatic rings. The van der Waals surface area contributed by atoms with E-state index in [0.29, 0.717) is 10.6 Å². The maximum Gasteiger partial charge on any atom is 0.261 e. The molecule has 1 unspecified atom stereocenters. The zero-order valence-corrected chi connectivity index (χ0v) is 12.7. The molecule has 20 heavy (non-hydrogen) atoms. The smallest absolute Gasteiger partial charge is 0.261 e. The van der Waals surface area contributed by atoms with E-state index in [1.54, 1.807) is 19.1 Å². The van der Waals surface area contributed by atoms with E-state index in [1.165, 1.54) is 11.3 Å². The quantitative estimate of drug-likeness (QED) is 0.891. The molecule has 0 bridgehead atoms. The van der Waals surface area contributed by atoms with Gasteiger partial charge in [-0.2, -0.15) is 0 Å². The number of nitrogens with one attached hydrogen (secondary N) is 1. The number of aryl methyl sites for hydroxylation is 2. The first-order valence-corrected chi connectivity index (χ1v) is 7.46. The summed E-state index contributed by atoms with van der Waals surface area (Å²) in [4.78, 5) is 12.8. The molecule has 108 valence electrons. The van der Waals surface area contributed by atoms with Crippen molar-refractivity contribution in [3.8, 4) is 0 Å². The second kappa shape index (κ2) is 5.81. The van der Waals surface area contributed by atoms with Gasteiger partial charge in [-0.05, 0) is 49.4 Å². The summed E-state index contributed by atoms with van der Waals surface area (Å²) in [5, 5.41) is 15.0. The van der Waals surface area contributed by atoms with Crippen LogP contribution in [0.3, 0.4) is 0 Å². The highest BCUT2D eigenvalue weighted by Crippen LogP contribution is 2.23.